The van der Waals surface area contributed by atoms with Crippen molar-refractivity contribution in [2.75, 3.05) is 23.3 Å². The fraction of sp³-hybridized carbons (Fsp3) is 0.591. The molecule has 2 saturated heterocycles. The number of nitrogens with zero attached hydrogens (tertiary/aromatic N) is 1. The maximum Gasteiger partial charge on any atom is 0.377 e. The molecule has 0 aromatic heterocycles. The summed E-state index contributed by atoms with van der Waals surface area (Å²) in [6.07, 6.45) is 1.10. The number of hydrogen-bond donors (Lipinski definition) is 2. The van der Waals surface area contributed by atoms with Gasteiger partial charge in [-0.3, -0.25) is 14.9 Å². The second kappa shape index (κ2) is 8.80. The Labute approximate surface area is 180 Å². The number of piperidine rings is 2. The van der Waals surface area contributed by atoms with E-state index in [0.717, 1.165) is 11.4 Å². The lowest BCUT2D eigenvalue weighted by Crippen LogP contribution is -2.47. The first-order valence-corrected chi connectivity index (χ1v) is 10.5. The van der Waals surface area contributed by atoms with Crippen LogP contribution in [0.2, 0.25) is 0 Å². The van der Waals surface area contributed by atoms with Gasteiger partial charge in [-0.25, -0.2) is 4.79 Å². The maximum atomic E-state index is 14.5. The van der Waals surface area contributed by atoms with Crippen LogP contribution in [0, 0.1) is 5.92 Å². The molecule has 2 aliphatic heterocycles. The minimum Gasteiger partial charge on any atom is -0.456 e. The second-order valence-corrected chi connectivity index (χ2v) is 9.08. The molecule has 1 aromatic carbocycles. The largest absolute Gasteiger partial charge is 0.456 e. The van der Waals surface area contributed by atoms with Gasteiger partial charge in [0, 0.05) is 36.8 Å². The van der Waals surface area contributed by atoms with Gasteiger partial charge in [0.2, 0.25) is 11.8 Å². The zero-order chi connectivity index (χ0) is 22.8. The number of benzene rings is 1. The third kappa shape index (κ3) is 5.71. The second-order valence-electron chi connectivity index (χ2n) is 9.08. The summed E-state index contributed by atoms with van der Waals surface area (Å²) in [5.41, 5.74) is 0.669. The molecule has 2 heterocycles. The zero-order valence-corrected chi connectivity index (χ0v) is 18.0. The first-order chi connectivity index (χ1) is 14.5. The van der Waals surface area contributed by atoms with E-state index in [1.807, 2.05) is 29.2 Å². The van der Waals surface area contributed by atoms with Gasteiger partial charge in [0.1, 0.15) is 11.6 Å². The average Bonchev–Trinajstić information content (AvgIpc) is 2.69. The van der Waals surface area contributed by atoms with Crippen LogP contribution >= 0.6 is 0 Å². The lowest BCUT2D eigenvalue weighted by atomic mass is 9.90. The van der Waals surface area contributed by atoms with Crippen LogP contribution in [0.4, 0.5) is 20.2 Å². The number of alkyl halides is 2. The average molecular weight is 437 g/mol. The molecule has 170 valence electrons. The number of esters is 1. The van der Waals surface area contributed by atoms with Gasteiger partial charge in [-0.1, -0.05) is 0 Å². The number of hydrogen-bond acceptors (Lipinski definition) is 6. The number of carbonyl (C=O) groups excluding carboxylic acids is 3. The van der Waals surface area contributed by atoms with Gasteiger partial charge >= 0.3 is 11.9 Å². The maximum absolute atomic E-state index is 14.5. The van der Waals surface area contributed by atoms with Gasteiger partial charge in [0.15, 0.2) is 0 Å². The number of anilines is 2. The Morgan fingerprint density at radius 1 is 1.10 bits per heavy atom. The predicted molar refractivity (Wildman–Crippen MR) is 112 cm³/mol. The van der Waals surface area contributed by atoms with Crippen molar-refractivity contribution < 1.29 is 27.9 Å². The van der Waals surface area contributed by atoms with Gasteiger partial charge in [-0.15, -0.1) is 0 Å². The Bertz CT molecular complexity index is 828. The van der Waals surface area contributed by atoms with Crippen molar-refractivity contribution in [1.82, 2.24) is 5.32 Å². The standard InChI is InChI=1S/C22H29F2N3O4/c1-21(2,3)31-20(30)22(23,24)14-10-12-27(13-11-14)16-6-4-15(5-7-16)25-17-8-9-18(28)26-19(17)29/h4-7,14,17,25H,8-13H2,1-3H3,(H,26,28,29). The number of imide groups is 1. The van der Waals surface area contributed by atoms with Crippen LogP contribution in [0.1, 0.15) is 46.5 Å². The number of ether oxygens (including phenoxy) is 1. The van der Waals surface area contributed by atoms with Crippen molar-refractivity contribution in [2.45, 2.75) is 64.0 Å². The minimum atomic E-state index is -3.50. The van der Waals surface area contributed by atoms with E-state index in [1.54, 1.807) is 20.8 Å². The molecule has 7 nitrogen and oxygen atoms in total. The molecule has 2 aliphatic rings. The fourth-order valence-electron chi connectivity index (χ4n) is 3.81. The fourth-order valence-corrected chi connectivity index (χ4v) is 3.81. The number of nitrogens with one attached hydrogen (secondary N) is 2. The monoisotopic (exact) mass is 437 g/mol. The Morgan fingerprint density at radius 2 is 1.71 bits per heavy atom. The van der Waals surface area contributed by atoms with Crippen molar-refractivity contribution in [2.24, 2.45) is 5.92 Å². The van der Waals surface area contributed by atoms with Crippen LogP contribution in [0.15, 0.2) is 24.3 Å². The van der Waals surface area contributed by atoms with Crippen molar-refractivity contribution >= 4 is 29.2 Å². The Balaban J connectivity index is 1.54. The van der Waals surface area contributed by atoms with Crippen LogP contribution < -0.4 is 15.5 Å². The van der Waals surface area contributed by atoms with Crippen LogP contribution in [0.3, 0.4) is 0 Å². The number of rotatable bonds is 5. The van der Waals surface area contributed by atoms with E-state index in [1.165, 1.54) is 0 Å². The third-order valence-electron chi connectivity index (χ3n) is 5.49. The molecular weight excluding hydrogens is 408 g/mol. The Morgan fingerprint density at radius 3 is 2.26 bits per heavy atom. The van der Waals surface area contributed by atoms with Crippen molar-refractivity contribution in [1.29, 1.82) is 0 Å². The normalized spacial score (nSPS) is 20.9. The molecular formula is C22H29F2N3O4. The van der Waals surface area contributed by atoms with E-state index in [-0.39, 0.29) is 24.7 Å². The quantitative estimate of drug-likeness (QED) is 0.544. The van der Waals surface area contributed by atoms with Crippen LogP contribution in [0.25, 0.3) is 0 Å². The van der Waals surface area contributed by atoms with E-state index in [0.29, 0.717) is 25.9 Å². The van der Waals surface area contributed by atoms with E-state index in [2.05, 4.69) is 10.6 Å². The molecule has 2 N–H and O–H groups in total. The number of carbonyl (C=O) groups is 3. The summed E-state index contributed by atoms with van der Waals surface area (Å²) < 4.78 is 34.0. The van der Waals surface area contributed by atoms with Gasteiger partial charge in [0.25, 0.3) is 0 Å². The van der Waals surface area contributed by atoms with Gasteiger partial charge in [0.05, 0.1) is 0 Å². The molecule has 0 spiro atoms. The number of amides is 2. The first kappa shape index (κ1) is 23.0. The summed E-state index contributed by atoms with van der Waals surface area (Å²) >= 11 is 0. The van der Waals surface area contributed by atoms with Gasteiger partial charge in [-0.2, -0.15) is 8.78 Å². The molecule has 0 saturated carbocycles. The van der Waals surface area contributed by atoms with E-state index >= 15 is 0 Å². The Hall–Kier alpha value is -2.71. The highest BCUT2D eigenvalue weighted by atomic mass is 19.3. The molecule has 9 heteroatoms. The summed E-state index contributed by atoms with van der Waals surface area (Å²) in [6.45, 7) is 5.53. The summed E-state index contributed by atoms with van der Waals surface area (Å²) in [5, 5.41) is 5.41. The highest BCUT2D eigenvalue weighted by Gasteiger charge is 2.50. The molecule has 2 amide bonds. The molecule has 1 unspecified atom stereocenters. The summed E-state index contributed by atoms with van der Waals surface area (Å²) in [5.74, 6) is -6.61. The van der Waals surface area contributed by atoms with Crippen LogP contribution in [0.5, 0.6) is 0 Å². The smallest absolute Gasteiger partial charge is 0.377 e. The molecule has 2 fully saturated rings. The van der Waals surface area contributed by atoms with Gasteiger partial charge in [-0.05, 0) is 64.3 Å². The van der Waals surface area contributed by atoms with Crippen LogP contribution in [-0.4, -0.2) is 48.4 Å². The summed E-state index contributed by atoms with van der Waals surface area (Å²) in [4.78, 5) is 37.0. The summed E-state index contributed by atoms with van der Waals surface area (Å²) in [7, 11) is 0. The number of halogens is 2. The van der Waals surface area contributed by atoms with E-state index in [9.17, 15) is 23.2 Å². The Kier molecular flexibility index (Phi) is 6.52. The summed E-state index contributed by atoms with van der Waals surface area (Å²) in [6, 6.07) is 6.90. The molecule has 1 atom stereocenters. The molecule has 0 aliphatic carbocycles. The third-order valence-corrected chi connectivity index (χ3v) is 5.49. The predicted octanol–water partition coefficient (Wildman–Crippen LogP) is 3.10. The minimum absolute atomic E-state index is 0.183. The van der Waals surface area contributed by atoms with Crippen molar-refractivity contribution in [3.05, 3.63) is 24.3 Å². The molecule has 0 radical (unpaired) electrons. The van der Waals surface area contributed by atoms with Crippen molar-refractivity contribution in [3.8, 4) is 0 Å². The van der Waals surface area contributed by atoms with E-state index < -0.39 is 29.5 Å². The van der Waals surface area contributed by atoms with Gasteiger partial charge < -0.3 is 15.0 Å². The first-order valence-electron chi connectivity index (χ1n) is 10.5. The molecule has 3 rings (SSSR count). The molecule has 1 aromatic rings. The zero-order valence-electron chi connectivity index (χ0n) is 18.0. The lowest BCUT2D eigenvalue weighted by molar-refractivity contribution is -0.193. The van der Waals surface area contributed by atoms with E-state index in [4.69, 9.17) is 4.74 Å². The SMILES string of the molecule is CC(C)(C)OC(=O)C(F)(F)C1CCN(c2ccc(NC3CCC(=O)NC3=O)cc2)CC1. The van der Waals surface area contributed by atoms with Crippen LogP contribution in [-0.2, 0) is 19.1 Å². The highest BCUT2D eigenvalue weighted by molar-refractivity contribution is 6.01. The topological polar surface area (TPSA) is 87.7 Å². The molecule has 0 bridgehead atoms. The highest BCUT2D eigenvalue weighted by Crippen LogP contribution is 2.36. The lowest BCUT2D eigenvalue weighted by Gasteiger charge is -2.37. The van der Waals surface area contributed by atoms with Crippen molar-refractivity contribution in [3.63, 3.8) is 0 Å². The molecule has 31 heavy (non-hydrogen) atoms.